The van der Waals surface area contributed by atoms with Crippen LogP contribution in [0.4, 0.5) is 0 Å². The highest BCUT2D eigenvalue weighted by atomic mass is 35.5. The van der Waals surface area contributed by atoms with E-state index in [0.717, 1.165) is 27.6 Å². The lowest BCUT2D eigenvalue weighted by molar-refractivity contribution is 0.169. The summed E-state index contributed by atoms with van der Waals surface area (Å²) in [7, 11) is 1.64. The number of aryl methyl sites for hydroxylation is 1. The number of benzene rings is 3. The predicted molar refractivity (Wildman–Crippen MR) is 148 cm³/mol. The van der Waals surface area contributed by atoms with Crippen molar-refractivity contribution in [2.24, 2.45) is 0 Å². The Morgan fingerprint density at radius 3 is 2.61 bits per heavy atom. The maximum atomic E-state index is 13.7. The van der Waals surface area contributed by atoms with Gasteiger partial charge in [-0.1, -0.05) is 72.3 Å². The average Bonchev–Trinajstić information content (AvgIpc) is 3.38. The minimum absolute atomic E-state index is 0.188. The van der Waals surface area contributed by atoms with E-state index in [1.165, 1.54) is 0 Å². The zero-order chi connectivity index (χ0) is 26.5. The summed E-state index contributed by atoms with van der Waals surface area (Å²) in [5.41, 5.74) is 4.26. The van der Waals surface area contributed by atoms with Gasteiger partial charge in [-0.15, -0.1) is 5.10 Å². The number of hydrogen-bond acceptors (Lipinski definition) is 6. The molecule has 0 bridgehead atoms. The summed E-state index contributed by atoms with van der Waals surface area (Å²) in [6, 6.07) is 25.3. The Kier molecular flexibility index (Phi) is 7.93. The number of ether oxygens (including phenoxy) is 1. The molecule has 38 heavy (non-hydrogen) atoms. The highest BCUT2D eigenvalue weighted by Crippen LogP contribution is 2.31. The average molecular weight is 529 g/mol. The number of methoxy groups -OCH3 is 1. The standard InChI is InChI=1S/C29H29ClN6O2/c1-20-12-13-22-17-24(29(37)31-26(22)16-20)27(28-32-33-34-36(28)14-15-38-2)35(18-21-8-4-3-5-9-21)19-23-10-6-7-11-25(23)30/h3-13,16-17,27H,14-15,18-19H2,1-2H3,(H,31,37)/t27-/m1/s1. The molecule has 0 aliphatic rings. The minimum Gasteiger partial charge on any atom is -0.383 e. The number of H-pyrrole nitrogens is 1. The Balaban J connectivity index is 1.70. The van der Waals surface area contributed by atoms with Crippen LogP contribution in [-0.4, -0.2) is 43.8 Å². The van der Waals surface area contributed by atoms with Gasteiger partial charge >= 0.3 is 0 Å². The van der Waals surface area contributed by atoms with Gasteiger partial charge in [-0.05, 0) is 57.6 Å². The lowest BCUT2D eigenvalue weighted by Gasteiger charge is -2.31. The molecule has 2 heterocycles. The van der Waals surface area contributed by atoms with Crippen molar-refractivity contribution in [3.05, 3.63) is 122 Å². The van der Waals surface area contributed by atoms with E-state index in [9.17, 15) is 4.79 Å². The fourth-order valence-electron chi connectivity index (χ4n) is 4.68. The first-order valence-electron chi connectivity index (χ1n) is 12.4. The molecule has 8 nitrogen and oxygen atoms in total. The van der Waals surface area contributed by atoms with Crippen molar-refractivity contribution in [3.8, 4) is 0 Å². The number of aromatic nitrogens is 5. The Hall–Kier alpha value is -3.85. The number of nitrogens with zero attached hydrogens (tertiary/aromatic N) is 5. The van der Waals surface area contributed by atoms with Crippen LogP contribution >= 0.6 is 11.6 Å². The highest BCUT2D eigenvalue weighted by molar-refractivity contribution is 6.31. The third-order valence-corrected chi connectivity index (χ3v) is 6.93. The highest BCUT2D eigenvalue weighted by Gasteiger charge is 2.31. The van der Waals surface area contributed by atoms with E-state index >= 15 is 0 Å². The second-order valence-corrected chi connectivity index (χ2v) is 9.69. The van der Waals surface area contributed by atoms with Crippen molar-refractivity contribution in [1.82, 2.24) is 30.1 Å². The molecular formula is C29H29ClN6O2. The molecular weight excluding hydrogens is 500 g/mol. The van der Waals surface area contributed by atoms with Crippen LogP contribution in [0.15, 0.2) is 83.7 Å². The van der Waals surface area contributed by atoms with Crippen LogP contribution in [0.1, 0.15) is 34.1 Å². The minimum atomic E-state index is -0.562. The van der Waals surface area contributed by atoms with Crippen molar-refractivity contribution >= 4 is 22.5 Å². The third kappa shape index (κ3) is 5.67. The summed E-state index contributed by atoms with van der Waals surface area (Å²) in [6.07, 6.45) is 0. The molecule has 3 aromatic carbocycles. The largest absolute Gasteiger partial charge is 0.383 e. The van der Waals surface area contributed by atoms with Gasteiger partial charge in [0.2, 0.25) is 0 Å². The van der Waals surface area contributed by atoms with E-state index in [-0.39, 0.29) is 5.56 Å². The lowest BCUT2D eigenvalue weighted by Crippen LogP contribution is -2.35. The van der Waals surface area contributed by atoms with Gasteiger partial charge in [-0.3, -0.25) is 9.69 Å². The van der Waals surface area contributed by atoms with Gasteiger partial charge in [-0.25, -0.2) is 4.68 Å². The fourth-order valence-corrected chi connectivity index (χ4v) is 4.88. The predicted octanol–water partition coefficient (Wildman–Crippen LogP) is 4.91. The molecule has 0 radical (unpaired) electrons. The molecule has 0 unspecified atom stereocenters. The first-order valence-corrected chi connectivity index (χ1v) is 12.8. The Morgan fingerprint density at radius 1 is 1.03 bits per heavy atom. The maximum Gasteiger partial charge on any atom is 0.253 e. The number of halogens is 1. The number of aromatic amines is 1. The van der Waals surface area contributed by atoms with Crippen LogP contribution in [0.25, 0.3) is 10.9 Å². The zero-order valence-electron chi connectivity index (χ0n) is 21.3. The smallest absolute Gasteiger partial charge is 0.253 e. The van der Waals surface area contributed by atoms with Crippen molar-refractivity contribution in [2.45, 2.75) is 32.6 Å². The number of nitrogens with one attached hydrogen (secondary N) is 1. The molecule has 194 valence electrons. The van der Waals surface area contributed by atoms with Crippen LogP contribution in [0, 0.1) is 6.92 Å². The molecule has 5 rings (SSSR count). The Morgan fingerprint density at radius 2 is 1.82 bits per heavy atom. The molecule has 2 aromatic heterocycles. The zero-order valence-corrected chi connectivity index (χ0v) is 22.1. The van der Waals surface area contributed by atoms with E-state index in [0.29, 0.717) is 42.7 Å². The second-order valence-electron chi connectivity index (χ2n) is 9.28. The van der Waals surface area contributed by atoms with Gasteiger partial charge in [0.05, 0.1) is 13.2 Å². The first-order chi connectivity index (χ1) is 18.5. The van der Waals surface area contributed by atoms with Crippen molar-refractivity contribution in [1.29, 1.82) is 0 Å². The van der Waals surface area contributed by atoms with Gasteiger partial charge in [0.1, 0.15) is 6.04 Å². The lowest BCUT2D eigenvalue weighted by atomic mass is 10.0. The monoisotopic (exact) mass is 528 g/mol. The van der Waals surface area contributed by atoms with Gasteiger partial charge in [-0.2, -0.15) is 0 Å². The molecule has 0 aliphatic carbocycles. The van der Waals surface area contributed by atoms with Crippen LogP contribution in [-0.2, 0) is 24.4 Å². The number of tetrazole rings is 1. The van der Waals surface area contributed by atoms with E-state index in [4.69, 9.17) is 16.3 Å². The second kappa shape index (κ2) is 11.7. The Bertz CT molecular complexity index is 1580. The van der Waals surface area contributed by atoms with Crippen molar-refractivity contribution < 1.29 is 4.74 Å². The van der Waals surface area contributed by atoms with Crippen molar-refractivity contribution in [3.63, 3.8) is 0 Å². The molecule has 0 saturated carbocycles. The molecule has 1 N–H and O–H groups in total. The summed E-state index contributed by atoms with van der Waals surface area (Å²) in [6.45, 7) is 3.90. The molecule has 9 heteroatoms. The molecule has 0 saturated heterocycles. The van der Waals surface area contributed by atoms with Gasteiger partial charge in [0.15, 0.2) is 5.82 Å². The number of hydrogen-bond donors (Lipinski definition) is 1. The summed E-state index contributed by atoms with van der Waals surface area (Å²) in [5, 5.41) is 14.2. The van der Waals surface area contributed by atoms with E-state index < -0.39 is 6.04 Å². The van der Waals surface area contributed by atoms with Gasteiger partial charge < -0.3 is 9.72 Å². The van der Waals surface area contributed by atoms with Crippen LogP contribution in [0.3, 0.4) is 0 Å². The summed E-state index contributed by atoms with van der Waals surface area (Å²) < 4.78 is 7.01. The van der Waals surface area contributed by atoms with E-state index in [1.54, 1.807) is 11.8 Å². The summed E-state index contributed by atoms with van der Waals surface area (Å²) in [4.78, 5) is 18.9. The molecule has 0 fully saturated rings. The number of pyridine rings is 1. The van der Waals surface area contributed by atoms with Crippen LogP contribution in [0.2, 0.25) is 5.02 Å². The molecule has 0 aliphatic heterocycles. The Labute approximate surface area is 225 Å². The topological polar surface area (TPSA) is 88.9 Å². The van der Waals surface area contributed by atoms with E-state index in [2.05, 4.69) is 37.5 Å². The molecule has 1 atom stereocenters. The van der Waals surface area contributed by atoms with Crippen LogP contribution in [0.5, 0.6) is 0 Å². The van der Waals surface area contributed by atoms with Gasteiger partial charge in [0, 0.05) is 36.3 Å². The van der Waals surface area contributed by atoms with Crippen LogP contribution < -0.4 is 5.56 Å². The SMILES string of the molecule is COCCn1nnnc1[C@@H](c1cc2ccc(C)cc2[nH]c1=O)N(Cc1ccccc1)Cc1ccccc1Cl. The molecule has 0 amide bonds. The van der Waals surface area contributed by atoms with Gasteiger partial charge in [0.25, 0.3) is 5.56 Å². The molecule has 0 spiro atoms. The fraction of sp³-hybridized carbons (Fsp3) is 0.241. The van der Waals surface area contributed by atoms with E-state index in [1.807, 2.05) is 73.7 Å². The third-order valence-electron chi connectivity index (χ3n) is 6.56. The number of rotatable bonds is 10. The summed E-state index contributed by atoms with van der Waals surface area (Å²) in [5.74, 6) is 0.557. The maximum absolute atomic E-state index is 13.7. The van der Waals surface area contributed by atoms with Crippen molar-refractivity contribution in [2.75, 3.05) is 13.7 Å². The first kappa shape index (κ1) is 25.8. The normalized spacial score (nSPS) is 12.3. The summed E-state index contributed by atoms with van der Waals surface area (Å²) >= 11 is 6.61. The number of fused-ring (bicyclic) bond motifs is 1. The quantitative estimate of drug-likeness (QED) is 0.277. The molecule has 5 aromatic rings.